The predicted octanol–water partition coefficient (Wildman–Crippen LogP) is 1.55. The topological polar surface area (TPSA) is 44.7 Å². The molecule has 1 aromatic carbocycles. The summed E-state index contributed by atoms with van der Waals surface area (Å²) >= 11 is 0. The number of nitrogens with one attached hydrogen (secondary N) is 1. The van der Waals surface area contributed by atoms with E-state index in [1.165, 1.54) is 16.8 Å². The Balaban J connectivity index is 2.91. The first kappa shape index (κ1) is 16.0. The number of methoxy groups -OCH3 is 1. The van der Waals surface area contributed by atoms with E-state index in [1.54, 1.807) is 7.11 Å². The second-order valence-electron chi connectivity index (χ2n) is 4.62. The highest BCUT2D eigenvalue weighted by Gasteiger charge is 2.10. The molecule has 0 unspecified atom stereocenters. The molecule has 4 heteroatoms. The van der Waals surface area contributed by atoms with Crippen LogP contribution in [0.3, 0.4) is 0 Å². The van der Waals surface area contributed by atoms with Gasteiger partial charge in [-0.2, -0.15) is 0 Å². The van der Waals surface area contributed by atoms with Gasteiger partial charge >= 0.3 is 0 Å². The Morgan fingerprint density at radius 2 is 2.11 bits per heavy atom. The first-order valence-electron chi connectivity index (χ1n) is 6.88. The summed E-state index contributed by atoms with van der Waals surface area (Å²) in [4.78, 5) is 2.18. The largest absolute Gasteiger partial charge is 0.395 e. The molecule has 0 aliphatic heterocycles. The molecule has 4 nitrogen and oxygen atoms in total. The molecule has 0 aliphatic carbocycles. The fourth-order valence-electron chi connectivity index (χ4n) is 2.10. The molecule has 1 rings (SSSR count). The Hall–Kier alpha value is -1.10. The van der Waals surface area contributed by atoms with Crippen molar-refractivity contribution in [2.24, 2.45) is 0 Å². The molecule has 0 amide bonds. The van der Waals surface area contributed by atoms with Crippen LogP contribution in [0.2, 0.25) is 0 Å². The Kier molecular flexibility index (Phi) is 7.48. The molecule has 0 aliphatic rings. The molecule has 0 radical (unpaired) electrons. The highest BCUT2D eigenvalue weighted by Crippen LogP contribution is 2.22. The number of rotatable bonds is 9. The van der Waals surface area contributed by atoms with Crippen molar-refractivity contribution >= 4 is 5.69 Å². The SMILES string of the molecule is CCNCc1cc(C)ccc1N(CCO)CCOC. The lowest BCUT2D eigenvalue weighted by atomic mass is 10.1. The predicted molar refractivity (Wildman–Crippen MR) is 79.7 cm³/mol. The van der Waals surface area contributed by atoms with Crippen LogP contribution in [0.1, 0.15) is 18.1 Å². The summed E-state index contributed by atoms with van der Waals surface area (Å²) in [6.45, 7) is 8.24. The molecule has 1 aromatic rings. The standard InChI is InChI=1S/C15H26N2O2/c1-4-16-12-14-11-13(2)5-6-15(14)17(7-9-18)8-10-19-3/h5-6,11,16,18H,4,7-10,12H2,1-3H3. The average molecular weight is 266 g/mol. The van der Waals surface area contributed by atoms with E-state index in [9.17, 15) is 5.11 Å². The van der Waals surface area contributed by atoms with E-state index in [0.29, 0.717) is 13.2 Å². The Labute approximate surface area is 116 Å². The quantitative estimate of drug-likeness (QED) is 0.712. The summed E-state index contributed by atoms with van der Waals surface area (Å²) in [7, 11) is 1.70. The van der Waals surface area contributed by atoms with Crippen molar-refractivity contribution in [3.63, 3.8) is 0 Å². The van der Waals surface area contributed by atoms with Gasteiger partial charge in [0.25, 0.3) is 0 Å². The monoisotopic (exact) mass is 266 g/mol. The van der Waals surface area contributed by atoms with Crippen LogP contribution in [0.15, 0.2) is 18.2 Å². The summed E-state index contributed by atoms with van der Waals surface area (Å²) in [5.41, 5.74) is 3.70. The fraction of sp³-hybridized carbons (Fsp3) is 0.600. The minimum atomic E-state index is 0.151. The van der Waals surface area contributed by atoms with Gasteiger partial charge in [0, 0.05) is 32.4 Å². The lowest BCUT2D eigenvalue weighted by Gasteiger charge is -2.26. The Bertz CT molecular complexity index is 369. The first-order valence-corrected chi connectivity index (χ1v) is 6.88. The van der Waals surface area contributed by atoms with Crippen molar-refractivity contribution in [1.82, 2.24) is 5.32 Å². The van der Waals surface area contributed by atoms with Crippen molar-refractivity contribution in [3.05, 3.63) is 29.3 Å². The van der Waals surface area contributed by atoms with Crippen LogP contribution in [-0.4, -0.2) is 45.1 Å². The number of ether oxygens (including phenoxy) is 1. The van der Waals surface area contributed by atoms with Crippen molar-refractivity contribution in [1.29, 1.82) is 0 Å². The zero-order valence-corrected chi connectivity index (χ0v) is 12.3. The molecule has 0 aromatic heterocycles. The highest BCUT2D eigenvalue weighted by atomic mass is 16.5. The molecular weight excluding hydrogens is 240 g/mol. The fourth-order valence-corrected chi connectivity index (χ4v) is 2.10. The van der Waals surface area contributed by atoms with Gasteiger partial charge in [-0.05, 0) is 25.1 Å². The molecule has 0 fully saturated rings. The van der Waals surface area contributed by atoms with Crippen molar-refractivity contribution in [2.45, 2.75) is 20.4 Å². The van der Waals surface area contributed by atoms with E-state index in [0.717, 1.165) is 19.6 Å². The number of hydrogen-bond acceptors (Lipinski definition) is 4. The van der Waals surface area contributed by atoms with Crippen LogP contribution in [0, 0.1) is 6.92 Å². The van der Waals surface area contributed by atoms with Gasteiger partial charge in [-0.1, -0.05) is 24.6 Å². The zero-order valence-electron chi connectivity index (χ0n) is 12.3. The van der Waals surface area contributed by atoms with Gasteiger partial charge < -0.3 is 20.1 Å². The molecule has 0 atom stereocenters. The Morgan fingerprint density at radius 1 is 1.32 bits per heavy atom. The van der Waals surface area contributed by atoms with Gasteiger partial charge in [-0.15, -0.1) is 0 Å². The summed E-state index contributed by atoms with van der Waals surface area (Å²) in [5.74, 6) is 0. The number of aliphatic hydroxyl groups is 1. The van der Waals surface area contributed by atoms with Crippen molar-refractivity contribution in [2.75, 3.05) is 44.9 Å². The minimum absolute atomic E-state index is 0.151. The lowest BCUT2D eigenvalue weighted by molar-refractivity contribution is 0.203. The number of nitrogens with zero attached hydrogens (tertiary/aromatic N) is 1. The summed E-state index contributed by atoms with van der Waals surface area (Å²) in [5, 5.41) is 12.6. The number of benzene rings is 1. The Morgan fingerprint density at radius 3 is 2.74 bits per heavy atom. The van der Waals surface area contributed by atoms with Gasteiger partial charge in [-0.25, -0.2) is 0 Å². The first-order chi connectivity index (χ1) is 9.22. The molecule has 0 bridgehead atoms. The van der Waals surface area contributed by atoms with Gasteiger partial charge in [-0.3, -0.25) is 0 Å². The molecule has 0 saturated heterocycles. The number of aliphatic hydroxyl groups excluding tert-OH is 1. The van der Waals surface area contributed by atoms with E-state index in [-0.39, 0.29) is 6.61 Å². The molecule has 19 heavy (non-hydrogen) atoms. The van der Waals surface area contributed by atoms with Crippen LogP contribution in [0.5, 0.6) is 0 Å². The maximum Gasteiger partial charge on any atom is 0.0637 e. The van der Waals surface area contributed by atoms with E-state index in [1.807, 2.05) is 0 Å². The molecular formula is C15H26N2O2. The zero-order chi connectivity index (χ0) is 14.1. The van der Waals surface area contributed by atoms with Crippen LogP contribution in [0.25, 0.3) is 0 Å². The van der Waals surface area contributed by atoms with Crippen molar-refractivity contribution in [3.8, 4) is 0 Å². The van der Waals surface area contributed by atoms with Crippen molar-refractivity contribution < 1.29 is 9.84 Å². The summed E-state index contributed by atoms with van der Waals surface area (Å²) < 4.78 is 5.15. The average Bonchev–Trinajstić information content (AvgIpc) is 2.41. The highest BCUT2D eigenvalue weighted by molar-refractivity contribution is 5.55. The molecule has 0 heterocycles. The van der Waals surface area contributed by atoms with E-state index >= 15 is 0 Å². The maximum absolute atomic E-state index is 9.22. The lowest BCUT2D eigenvalue weighted by Crippen LogP contribution is -2.31. The third-order valence-corrected chi connectivity index (χ3v) is 3.08. The van der Waals surface area contributed by atoms with Gasteiger partial charge in [0.15, 0.2) is 0 Å². The van der Waals surface area contributed by atoms with Crippen LogP contribution in [0.4, 0.5) is 5.69 Å². The molecule has 0 spiro atoms. The number of hydrogen-bond donors (Lipinski definition) is 2. The third kappa shape index (κ3) is 5.19. The number of aryl methyl sites for hydroxylation is 1. The van der Waals surface area contributed by atoms with Gasteiger partial charge in [0.05, 0.1) is 13.2 Å². The second kappa shape index (κ2) is 8.91. The second-order valence-corrected chi connectivity index (χ2v) is 4.62. The summed E-state index contributed by atoms with van der Waals surface area (Å²) in [6.07, 6.45) is 0. The molecule has 108 valence electrons. The van der Waals surface area contributed by atoms with E-state index in [4.69, 9.17) is 4.74 Å². The van der Waals surface area contributed by atoms with Crippen LogP contribution >= 0.6 is 0 Å². The van der Waals surface area contributed by atoms with Gasteiger partial charge in [0.2, 0.25) is 0 Å². The van der Waals surface area contributed by atoms with E-state index < -0.39 is 0 Å². The smallest absolute Gasteiger partial charge is 0.0637 e. The maximum atomic E-state index is 9.22. The normalized spacial score (nSPS) is 10.7. The van der Waals surface area contributed by atoms with Gasteiger partial charge in [0.1, 0.15) is 0 Å². The van der Waals surface area contributed by atoms with Crippen LogP contribution < -0.4 is 10.2 Å². The minimum Gasteiger partial charge on any atom is -0.395 e. The molecule has 2 N–H and O–H groups in total. The van der Waals surface area contributed by atoms with Crippen LogP contribution in [-0.2, 0) is 11.3 Å². The van der Waals surface area contributed by atoms with E-state index in [2.05, 4.69) is 42.3 Å². The third-order valence-electron chi connectivity index (χ3n) is 3.08. The molecule has 0 saturated carbocycles. The number of anilines is 1. The summed E-state index contributed by atoms with van der Waals surface area (Å²) in [6, 6.07) is 6.45.